The second-order valence-corrected chi connectivity index (χ2v) is 8.01. The fourth-order valence-corrected chi connectivity index (χ4v) is 4.31. The molecule has 0 atom stereocenters. The molecule has 1 fully saturated rings. The van der Waals surface area contributed by atoms with Gasteiger partial charge in [0, 0.05) is 12.0 Å². The van der Waals surface area contributed by atoms with Gasteiger partial charge in [0.15, 0.2) is 5.78 Å². The Morgan fingerprint density at radius 3 is 2.37 bits per heavy atom. The van der Waals surface area contributed by atoms with E-state index in [1.165, 1.54) is 31.2 Å². The average molecular weight is 367 g/mol. The molecule has 27 heavy (non-hydrogen) atoms. The lowest BCUT2D eigenvalue weighted by Gasteiger charge is -2.37. The zero-order valence-electron chi connectivity index (χ0n) is 16.7. The largest absolute Gasteiger partial charge is 0.497 e. The Morgan fingerprint density at radius 2 is 1.70 bits per heavy atom. The van der Waals surface area contributed by atoms with E-state index < -0.39 is 0 Å². The van der Waals surface area contributed by atoms with E-state index in [0.717, 1.165) is 41.0 Å². The summed E-state index contributed by atoms with van der Waals surface area (Å²) >= 11 is 0. The van der Waals surface area contributed by atoms with E-state index in [-0.39, 0.29) is 0 Å². The molecule has 0 aromatic heterocycles. The molecule has 0 amide bonds. The van der Waals surface area contributed by atoms with Crippen LogP contribution < -0.4 is 4.74 Å². The number of hydrogen-bond donors (Lipinski definition) is 0. The number of likely N-dealkylation sites (tertiary alicyclic amines) is 1. The number of rotatable bonds is 7. The van der Waals surface area contributed by atoms with Crippen LogP contribution in [0.3, 0.4) is 0 Å². The van der Waals surface area contributed by atoms with Gasteiger partial charge in [0.25, 0.3) is 0 Å². The van der Waals surface area contributed by atoms with E-state index in [2.05, 4.69) is 37.3 Å². The van der Waals surface area contributed by atoms with Crippen LogP contribution >= 0.6 is 0 Å². The van der Waals surface area contributed by atoms with Crippen LogP contribution in [0.25, 0.3) is 0 Å². The summed E-state index contributed by atoms with van der Waals surface area (Å²) in [6.07, 6.45) is 5.52. The molecule has 1 saturated heterocycles. The summed E-state index contributed by atoms with van der Waals surface area (Å²) in [6.45, 7) is 5.88. The van der Waals surface area contributed by atoms with E-state index in [1.54, 1.807) is 7.11 Å². The van der Waals surface area contributed by atoms with Crippen molar-refractivity contribution >= 4 is 5.78 Å². The highest BCUT2D eigenvalue weighted by molar-refractivity contribution is 5.82. The third-order valence-electron chi connectivity index (χ3n) is 5.83. The van der Waals surface area contributed by atoms with Gasteiger partial charge in [0.1, 0.15) is 18.8 Å². The van der Waals surface area contributed by atoms with Crippen LogP contribution in [0.15, 0.2) is 48.5 Å². The summed E-state index contributed by atoms with van der Waals surface area (Å²) in [6, 6.07) is 16.7. The van der Waals surface area contributed by atoms with E-state index >= 15 is 0 Å². The van der Waals surface area contributed by atoms with Crippen molar-refractivity contribution in [1.29, 1.82) is 0 Å². The number of hydrogen-bond acceptors (Lipinski definition) is 2. The maximum Gasteiger partial charge on any atom is 0.191 e. The molecule has 1 aliphatic heterocycles. The zero-order chi connectivity index (χ0) is 19.1. The standard InChI is InChI=1S/C24H32NO2/c1-20-12-13-24(27-2)17-22(20)16-23(26)19-25(14-8-3-4-9-15-25)18-21-10-6-5-7-11-21/h5-7,10-13,17H,3-4,8-9,14-16,18-19H2,1-2H3/q+1. The average Bonchev–Trinajstić information content (AvgIpc) is 2.89. The number of aryl methyl sites for hydroxylation is 1. The SMILES string of the molecule is COc1ccc(C)c(CC(=O)C[N+]2(Cc3ccccc3)CCCCCC2)c1. The van der Waals surface area contributed by atoms with Gasteiger partial charge < -0.3 is 9.22 Å². The predicted octanol–water partition coefficient (Wildman–Crippen LogP) is 4.71. The summed E-state index contributed by atoms with van der Waals surface area (Å²) in [5.41, 5.74) is 3.59. The van der Waals surface area contributed by atoms with Crippen molar-refractivity contribution in [2.24, 2.45) is 0 Å². The quantitative estimate of drug-likeness (QED) is 0.664. The Hall–Kier alpha value is -2.13. The van der Waals surface area contributed by atoms with Crippen LogP contribution in [0.5, 0.6) is 5.75 Å². The predicted molar refractivity (Wildman–Crippen MR) is 110 cm³/mol. The number of benzene rings is 2. The third-order valence-corrected chi connectivity index (χ3v) is 5.83. The van der Waals surface area contributed by atoms with Crippen LogP contribution in [0.4, 0.5) is 0 Å². The summed E-state index contributed by atoms with van der Waals surface area (Å²) < 4.78 is 6.25. The first-order valence-corrected chi connectivity index (χ1v) is 10.1. The van der Waals surface area contributed by atoms with Crippen LogP contribution in [-0.2, 0) is 17.8 Å². The van der Waals surface area contributed by atoms with Gasteiger partial charge in [0.05, 0.1) is 20.2 Å². The van der Waals surface area contributed by atoms with Crippen LogP contribution in [0.1, 0.15) is 42.4 Å². The lowest BCUT2D eigenvalue weighted by Crippen LogP contribution is -2.51. The lowest BCUT2D eigenvalue weighted by molar-refractivity contribution is -0.932. The molecule has 0 spiro atoms. The third kappa shape index (κ3) is 5.43. The van der Waals surface area contributed by atoms with Crippen molar-refractivity contribution in [1.82, 2.24) is 0 Å². The summed E-state index contributed by atoms with van der Waals surface area (Å²) in [4.78, 5) is 13.1. The summed E-state index contributed by atoms with van der Waals surface area (Å²) in [7, 11) is 1.67. The number of Topliss-reactive ketones (excluding diaryl/α,β-unsaturated/α-hetero) is 1. The number of quaternary nitrogens is 1. The zero-order valence-corrected chi connectivity index (χ0v) is 16.7. The van der Waals surface area contributed by atoms with Gasteiger partial charge >= 0.3 is 0 Å². The Bertz CT molecular complexity index is 746. The molecule has 144 valence electrons. The highest BCUT2D eigenvalue weighted by Crippen LogP contribution is 2.24. The summed E-state index contributed by atoms with van der Waals surface area (Å²) in [5, 5.41) is 0. The lowest BCUT2D eigenvalue weighted by atomic mass is 10.0. The number of ketones is 1. The van der Waals surface area contributed by atoms with Crippen LogP contribution in [-0.4, -0.2) is 37.0 Å². The molecule has 0 aliphatic carbocycles. The van der Waals surface area contributed by atoms with E-state index in [9.17, 15) is 4.79 Å². The minimum absolute atomic E-state index is 0.337. The number of nitrogens with zero attached hydrogens (tertiary/aromatic N) is 1. The van der Waals surface area contributed by atoms with E-state index in [0.29, 0.717) is 18.7 Å². The minimum atomic E-state index is 0.337. The van der Waals surface area contributed by atoms with Gasteiger partial charge in [-0.15, -0.1) is 0 Å². The molecule has 2 aromatic rings. The molecule has 0 bridgehead atoms. The first-order valence-electron chi connectivity index (χ1n) is 10.1. The molecule has 3 rings (SSSR count). The van der Waals surface area contributed by atoms with E-state index in [4.69, 9.17) is 4.74 Å². The highest BCUT2D eigenvalue weighted by Gasteiger charge is 2.31. The van der Waals surface area contributed by atoms with Crippen molar-refractivity contribution in [3.8, 4) is 5.75 Å². The molecule has 1 heterocycles. The number of carbonyl (C=O) groups excluding carboxylic acids is 1. The minimum Gasteiger partial charge on any atom is -0.497 e. The van der Waals surface area contributed by atoms with Crippen LogP contribution in [0.2, 0.25) is 0 Å². The van der Waals surface area contributed by atoms with Crippen molar-refractivity contribution in [3.63, 3.8) is 0 Å². The first kappa shape index (κ1) is 19.6. The van der Waals surface area contributed by atoms with Gasteiger partial charge in [-0.25, -0.2) is 0 Å². The number of ether oxygens (including phenoxy) is 1. The Kier molecular flexibility index (Phi) is 6.68. The number of carbonyl (C=O) groups is 1. The molecule has 3 heteroatoms. The van der Waals surface area contributed by atoms with Gasteiger partial charge in [-0.1, -0.05) is 36.4 Å². The monoisotopic (exact) mass is 366 g/mol. The van der Waals surface area contributed by atoms with Crippen molar-refractivity contribution in [2.75, 3.05) is 26.7 Å². The number of methoxy groups -OCH3 is 1. The maximum absolute atomic E-state index is 13.1. The van der Waals surface area contributed by atoms with E-state index in [1.807, 2.05) is 18.2 Å². The molecule has 1 aliphatic rings. The van der Waals surface area contributed by atoms with Crippen molar-refractivity contribution in [2.45, 2.75) is 45.6 Å². The Morgan fingerprint density at radius 1 is 1.00 bits per heavy atom. The van der Waals surface area contributed by atoms with Crippen LogP contribution in [0, 0.1) is 6.92 Å². The summed E-state index contributed by atoms with van der Waals surface area (Å²) in [5.74, 6) is 1.16. The first-order chi connectivity index (χ1) is 13.1. The second-order valence-electron chi connectivity index (χ2n) is 8.01. The maximum atomic E-state index is 13.1. The molecule has 0 saturated carbocycles. The second kappa shape index (κ2) is 9.18. The van der Waals surface area contributed by atoms with Gasteiger partial charge in [-0.2, -0.15) is 0 Å². The van der Waals surface area contributed by atoms with Crippen molar-refractivity contribution in [3.05, 3.63) is 65.2 Å². The molecular formula is C24H32NO2+. The molecule has 0 unspecified atom stereocenters. The fraction of sp³-hybridized carbons (Fsp3) is 0.458. The fourth-order valence-electron chi connectivity index (χ4n) is 4.31. The molecule has 3 nitrogen and oxygen atoms in total. The van der Waals surface area contributed by atoms with Gasteiger partial charge in [-0.3, -0.25) is 4.79 Å². The molecule has 0 radical (unpaired) electrons. The highest BCUT2D eigenvalue weighted by atomic mass is 16.5. The normalized spacial score (nSPS) is 16.5. The topological polar surface area (TPSA) is 26.3 Å². The van der Waals surface area contributed by atoms with Gasteiger partial charge in [0.2, 0.25) is 0 Å². The molecular weight excluding hydrogens is 334 g/mol. The smallest absolute Gasteiger partial charge is 0.191 e. The van der Waals surface area contributed by atoms with Gasteiger partial charge in [-0.05, 0) is 55.9 Å². The Labute approximate surface area is 163 Å². The molecule has 2 aromatic carbocycles. The van der Waals surface area contributed by atoms with Crippen molar-refractivity contribution < 1.29 is 14.0 Å². The molecule has 0 N–H and O–H groups in total. The Balaban J connectivity index is 1.76.